The first-order valence-electron chi connectivity index (χ1n) is 17.2. The number of hydrogen-bond acceptors (Lipinski definition) is 7. The maximum absolute atomic E-state index is 15.1. The van der Waals surface area contributed by atoms with Gasteiger partial charge in [0.2, 0.25) is 0 Å². The number of benzene rings is 3. The Morgan fingerprint density at radius 1 is 0.926 bits per heavy atom. The molecule has 0 spiro atoms. The van der Waals surface area contributed by atoms with Crippen molar-refractivity contribution < 1.29 is 37.5 Å². The van der Waals surface area contributed by atoms with Crippen molar-refractivity contribution in [2.45, 2.75) is 30.4 Å². The van der Waals surface area contributed by atoms with Gasteiger partial charge in [0.15, 0.2) is 17.4 Å². The SMILES string of the molecule is CN(c1nc(C(F)(F)F)ccc1Cl)N1C(=O)[C@H]2[C@H](CC=C3[C@H]2C[C@H]2C(=O)C(c4ccccc4)=CC(=O)[C@@]2(c2ccccc2)[C@H]3c2cc(Br)ccc2O)C1=O. The molecule has 4 aliphatic rings. The number of ketones is 2. The molecule has 8 rings (SSSR count). The predicted octanol–water partition coefficient (Wildman–Crippen LogP) is 8.10. The molecule has 2 fully saturated rings. The monoisotopic (exact) mass is 815 g/mol. The lowest BCUT2D eigenvalue weighted by molar-refractivity contribution is -0.141. The smallest absolute Gasteiger partial charge is 0.433 e. The molecule has 2 amide bonds. The fourth-order valence-corrected chi connectivity index (χ4v) is 9.77. The Morgan fingerprint density at radius 3 is 2.30 bits per heavy atom. The number of allylic oxidation sites excluding steroid dienone is 4. The fourth-order valence-electron chi connectivity index (χ4n) is 9.17. The largest absolute Gasteiger partial charge is 0.508 e. The Morgan fingerprint density at radius 2 is 1.61 bits per heavy atom. The van der Waals surface area contributed by atoms with Gasteiger partial charge in [0, 0.05) is 34.5 Å². The van der Waals surface area contributed by atoms with Crippen LogP contribution in [0.3, 0.4) is 0 Å². The zero-order valence-electron chi connectivity index (χ0n) is 28.4. The number of anilines is 1. The van der Waals surface area contributed by atoms with Crippen molar-refractivity contribution in [2.24, 2.45) is 23.7 Å². The van der Waals surface area contributed by atoms with Crippen LogP contribution in [0.4, 0.5) is 19.0 Å². The summed E-state index contributed by atoms with van der Waals surface area (Å²) < 4.78 is 41.6. The number of amides is 2. The van der Waals surface area contributed by atoms with E-state index in [9.17, 15) is 27.9 Å². The number of carbonyl (C=O) groups excluding carboxylic acids is 4. The van der Waals surface area contributed by atoms with E-state index in [1.54, 1.807) is 72.8 Å². The van der Waals surface area contributed by atoms with Crippen LogP contribution in [0.1, 0.15) is 41.1 Å². The topological polar surface area (TPSA) is 108 Å². The second-order valence-corrected chi connectivity index (χ2v) is 15.3. The maximum Gasteiger partial charge on any atom is 0.433 e. The summed E-state index contributed by atoms with van der Waals surface area (Å²) >= 11 is 9.82. The lowest BCUT2D eigenvalue weighted by Crippen LogP contribution is -2.59. The van der Waals surface area contributed by atoms with E-state index in [-0.39, 0.29) is 40.8 Å². The third kappa shape index (κ3) is 5.36. The average molecular weight is 817 g/mol. The summed E-state index contributed by atoms with van der Waals surface area (Å²) in [6.45, 7) is 0. The number of carbonyl (C=O) groups is 4. The van der Waals surface area contributed by atoms with Crippen molar-refractivity contribution in [1.82, 2.24) is 9.99 Å². The Kier molecular flexibility index (Phi) is 8.69. The number of Topliss-reactive ketones (excluding diaryl/α,β-unsaturated/α-hetero) is 1. The first-order valence-corrected chi connectivity index (χ1v) is 18.4. The molecule has 8 nitrogen and oxygen atoms in total. The molecule has 1 aliphatic heterocycles. The highest BCUT2D eigenvalue weighted by Crippen LogP contribution is 2.64. The number of imide groups is 1. The van der Waals surface area contributed by atoms with Gasteiger partial charge in [0.05, 0.1) is 22.3 Å². The third-order valence-corrected chi connectivity index (χ3v) is 12.2. The van der Waals surface area contributed by atoms with Crippen molar-refractivity contribution in [3.63, 3.8) is 0 Å². The summed E-state index contributed by atoms with van der Waals surface area (Å²) in [6, 6.07) is 24.3. The Bertz CT molecular complexity index is 2320. The maximum atomic E-state index is 15.1. The molecule has 4 aromatic rings. The summed E-state index contributed by atoms with van der Waals surface area (Å²) in [5.74, 6) is -7.35. The van der Waals surface area contributed by atoms with Crippen LogP contribution in [-0.2, 0) is 30.8 Å². The zero-order chi connectivity index (χ0) is 38.3. The van der Waals surface area contributed by atoms with E-state index in [2.05, 4.69) is 20.9 Å². The number of aromatic nitrogens is 1. The summed E-state index contributed by atoms with van der Waals surface area (Å²) in [5, 5.41) is 13.1. The highest BCUT2D eigenvalue weighted by atomic mass is 79.9. The number of fused-ring (bicyclic) bond motifs is 4. The van der Waals surface area contributed by atoms with E-state index in [1.807, 2.05) is 6.08 Å². The minimum Gasteiger partial charge on any atom is -0.508 e. The molecule has 54 heavy (non-hydrogen) atoms. The predicted molar refractivity (Wildman–Crippen MR) is 197 cm³/mol. The lowest BCUT2D eigenvalue weighted by atomic mass is 9.44. The van der Waals surface area contributed by atoms with Crippen LogP contribution in [0, 0.1) is 23.7 Å². The number of aromatic hydroxyl groups is 1. The first kappa shape index (κ1) is 35.9. The first-order chi connectivity index (χ1) is 25.7. The van der Waals surface area contributed by atoms with Crippen molar-refractivity contribution in [2.75, 3.05) is 12.1 Å². The number of rotatable bonds is 5. The number of phenolic OH excluding ortho intramolecular Hbond substituents is 1. The van der Waals surface area contributed by atoms with Crippen LogP contribution in [0.5, 0.6) is 5.75 Å². The van der Waals surface area contributed by atoms with Gasteiger partial charge in [0.1, 0.15) is 11.4 Å². The minimum atomic E-state index is -4.82. The van der Waals surface area contributed by atoms with Crippen molar-refractivity contribution in [1.29, 1.82) is 0 Å². The molecular formula is C41H30BrClF3N3O5. The molecule has 2 heterocycles. The fraction of sp³-hybridized carbons (Fsp3) is 0.244. The van der Waals surface area contributed by atoms with Crippen LogP contribution in [0.2, 0.25) is 5.02 Å². The highest BCUT2D eigenvalue weighted by Gasteiger charge is 2.66. The van der Waals surface area contributed by atoms with Gasteiger partial charge in [-0.15, -0.1) is 0 Å². The summed E-state index contributed by atoms with van der Waals surface area (Å²) in [4.78, 5) is 62.6. The molecule has 1 saturated heterocycles. The number of hydrazine groups is 1. The molecule has 1 saturated carbocycles. The van der Waals surface area contributed by atoms with E-state index in [0.29, 0.717) is 32.8 Å². The third-order valence-electron chi connectivity index (χ3n) is 11.4. The molecule has 1 N–H and O–H groups in total. The zero-order valence-corrected chi connectivity index (χ0v) is 30.8. The van der Waals surface area contributed by atoms with Gasteiger partial charge in [-0.05, 0) is 66.3 Å². The molecule has 0 radical (unpaired) electrons. The quantitative estimate of drug-likeness (QED) is 0.160. The van der Waals surface area contributed by atoms with Crippen LogP contribution >= 0.6 is 27.5 Å². The molecule has 3 aliphatic carbocycles. The molecule has 1 aromatic heterocycles. The number of hydrogen-bond donors (Lipinski definition) is 1. The van der Waals surface area contributed by atoms with Gasteiger partial charge < -0.3 is 5.11 Å². The molecule has 3 aromatic carbocycles. The number of pyridine rings is 1. The van der Waals surface area contributed by atoms with Gasteiger partial charge in [-0.3, -0.25) is 24.2 Å². The Labute approximate surface area is 321 Å². The molecule has 0 unspecified atom stereocenters. The van der Waals surface area contributed by atoms with Crippen molar-refractivity contribution in [3.8, 4) is 5.75 Å². The van der Waals surface area contributed by atoms with E-state index < -0.39 is 64.5 Å². The normalized spacial score (nSPS) is 26.5. The van der Waals surface area contributed by atoms with E-state index in [1.165, 1.54) is 19.2 Å². The molecule has 6 atom stereocenters. The number of alkyl halides is 3. The Hall–Kier alpha value is -5.07. The highest BCUT2D eigenvalue weighted by molar-refractivity contribution is 9.10. The Balaban J connectivity index is 1.31. The van der Waals surface area contributed by atoms with Gasteiger partial charge in [-0.1, -0.05) is 99.8 Å². The standard InChI is InChI=1S/C41H30BrClF3N3O5/c1-48(37-30(43)15-17-32(47-37)41(44,45)46)49-38(53)25-14-13-24-27(34(25)39(49)54)19-29-36(52)26(21-8-4-2-5-9-21)20-33(51)40(29,22-10-6-3-7-11-22)35(24)28-18-23(42)12-16-31(28)50/h2-13,15-18,20,25,27,29,34-35,50H,14,19H2,1H3/t25-,27+,29-,34-,35+,40-/m0/s1. The van der Waals surface area contributed by atoms with Gasteiger partial charge in [-0.25, -0.2) is 4.98 Å². The lowest BCUT2D eigenvalue weighted by Gasteiger charge is -2.55. The van der Waals surface area contributed by atoms with Gasteiger partial charge in [-0.2, -0.15) is 18.2 Å². The van der Waals surface area contributed by atoms with E-state index in [0.717, 1.165) is 16.1 Å². The van der Waals surface area contributed by atoms with Crippen LogP contribution in [0.15, 0.2) is 113 Å². The summed E-state index contributed by atoms with van der Waals surface area (Å²) in [5.41, 5.74) is -0.510. The second kappa shape index (κ2) is 13.1. The van der Waals surface area contributed by atoms with Gasteiger partial charge >= 0.3 is 6.18 Å². The van der Waals surface area contributed by atoms with Crippen molar-refractivity contribution in [3.05, 3.63) is 141 Å². The van der Waals surface area contributed by atoms with E-state index in [4.69, 9.17) is 11.6 Å². The van der Waals surface area contributed by atoms with Crippen molar-refractivity contribution >= 4 is 62.3 Å². The number of halogens is 5. The summed E-state index contributed by atoms with van der Waals surface area (Å²) in [6.07, 6.45) is -1.54. The molecular weight excluding hydrogens is 787 g/mol. The minimum absolute atomic E-state index is 0.00104. The summed E-state index contributed by atoms with van der Waals surface area (Å²) in [7, 11) is 1.25. The number of phenols is 1. The van der Waals surface area contributed by atoms with Crippen LogP contribution in [-0.4, -0.2) is 45.5 Å². The van der Waals surface area contributed by atoms with Crippen LogP contribution < -0.4 is 5.01 Å². The van der Waals surface area contributed by atoms with Gasteiger partial charge in [0.25, 0.3) is 11.8 Å². The second-order valence-electron chi connectivity index (χ2n) is 14.0. The number of nitrogens with zero attached hydrogens (tertiary/aromatic N) is 3. The molecule has 274 valence electrons. The average Bonchev–Trinajstić information content (AvgIpc) is 3.42. The molecule has 0 bridgehead atoms. The van der Waals surface area contributed by atoms with E-state index >= 15 is 9.59 Å². The molecule has 13 heteroatoms. The van der Waals surface area contributed by atoms with Crippen LogP contribution in [0.25, 0.3) is 5.57 Å².